The zero-order chi connectivity index (χ0) is 15.7. The number of nitriles is 1. The topological polar surface area (TPSA) is 91.7 Å². The Bertz CT molecular complexity index is 754. The van der Waals surface area contributed by atoms with E-state index in [4.69, 9.17) is 11.0 Å². The average Bonchev–Trinajstić information content (AvgIpc) is 2.87. The van der Waals surface area contributed by atoms with Gasteiger partial charge in [-0.15, -0.1) is 0 Å². The van der Waals surface area contributed by atoms with Gasteiger partial charge < -0.3 is 10.6 Å². The van der Waals surface area contributed by atoms with Gasteiger partial charge in [0.15, 0.2) is 5.16 Å². The van der Waals surface area contributed by atoms with Crippen molar-refractivity contribution in [1.82, 2.24) is 15.0 Å². The molecular formula is C15H16N6S. The number of hydrogen-bond donors (Lipinski definition) is 1. The summed E-state index contributed by atoms with van der Waals surface area (Å²) in [5.41, 5.74) is 9.50. The third kappa shape index (κ3) is 2.83. The number of hydrogen-bond acceptors (Lipinski definition) is 7. The summed E-state index contributed by atoms with van der Waals surface area (Å²) in [6, 6.07) is 5.61. The molecule has 0 fully saturated rings. The van der Waals surface area contributed by atoms with Crippen LogP contribution >= 0.6 is 11.8 Å². The zero-order valence-corrected chi connectivity index (χ0v) is 13.3. The van der Waals surface area contributed by atoms with Crippen molar-refractivity contribution in [3.63, 3.8) is 0 Å². The molecule has 0 radical (unpaired) electrons. The maximum atomic E-state index is 8.95. The number of likely N-dealkylation sites (N-methyl/N-ethyl adjacent to an activating group) is 1. The van der Waals surface area contributed by atoms with Crippen LogP contribution in [0.1, 0.15) is 29.1 Å². The molecule has 2 aromatic heterocycles. The summed E-state index contributed by atoms with van der Waals surface area (Å²) in [6.45, 7) is 3.09. The van der Waals surface area contributed by atoms with E-state index in [0.29, 0.717) is 11.0 Å². The van der Waals surface area contributed by atoms with Crippen molar-refractivity contribution < 1.29 is 0 Å². The van der Waals surface area contributed by atoms with Gasteiger partial charge in [-0.1, -0.05) is 11.8 Å². The van der Waals surface area contributed by atoms with Crippen molar-refractivity contribution in [3.8, 4) is 6.07 Å². The third-order valence-corrected chi connectivity index (χ3v) is 4.64. The van der Waals surface area contributed by atoms with Crippen LogP contribution < -0.4 is 10.6 Å². The summed E-state index contributed by atoms with van der Waals surface area (Å²) in [4.78, 5) is 15.1. The molecule has 0 bridgehead atoms. The molecule has 112 valence electrons. The molecule has 22 heavy (non-hydrogen) atoms. The lowest BCUT2D eigenvalue weighted by Gasteiger charge is -2.14. The fourth-order valence-electron chi connectivity index (χ4n) is 2.45. The molecule has 1 aliphatic rings. The molecule has 0 spiro atoms. The lowest BCUT2D eigenvalue weighted by atomic mass is 10.1. The van der Waals surface area contributed by atoms with Crippen LogP contribution in [0.15, 0.2) is 23.5 Å². The molecule has 0 saturated carbocycles. The number of pyridine rings is 1. The highest BCUT2D eigenvalue weighted by molar-refractivity contribution is 7.99. The Morgan fingerprint density at radius 3 is 3.00 bits per heavy atom. The molecular weight excluding hydrogens is 296 g/mol. The van der Waals surface area contributed by atoms with Crippen molar-refractivity contribution in [3.05, 3.63) is 35.3 Å². The van der Waals surface area contributed by atoms with E-state index in [1.165, 1.54) is 29.1 Å². The number of anilines is 2. The number of thioether (sulfide) groups is 1. The second kappa shape index (κ2) is 5.81. The van der Waals surface area contributed by atoms with E-state index >= 15 is 0 Å². The van der Waals surface area contributed by atoms with Crippen LogP contribution in [0, 0.1) is 11.3 Å². The minimum Gasteiger partial charge on any atom is -0.384 e. The molecule has 1 unspecified atom stereocenters. The van der Waals surface area contributed by atoms with Crippen LogP contribution in [-0.4, -0.2) is 28.5 Å². The molecule has 3 rings (SSSR count). The van der Waals surface area contributed by atoms with Crippen molar-refractivity contribution in [1.29, 1.82) is 5.26 Å². The Labute approximate surface area is 133 Å². The molecule has 0 aliphatic carbocycles. The highest BCUT2D eigenvalue weighted by atomic mass is 32.2. The SMILES string of the molecule is CC(Sc1nc(N)cc(C#N)n1)c1cc2c(cn1)N(C)CC2. The van der Waals surface area contributed by atoms with Gasteiger partial charge >= 0.3 is 0 Å². The normalized spacial score (nSPS) is 14.5. The Hall–Kier alpha value is -2.33. The Balaban J connectivity index is 1.82. The van der Waals surface area contributed by atoms with E-state index in [0.717, 1.165) is 18.7 Å². The fraction of sp³-hybridized carbons (Fsp3) is 0.333. The van der Waals surface area contributed by atoms with Gasteiger partial charge in [0.05, 0.1) is 22.8 Å². The van der Waals surface area contributed by atoms with Crippen molar-refractivity contribution in [2.24, 2.45) is 0 Å². The molecule has 0 aromatic carbocycles. The Morgan fingerprint density at radius 1 is 1.41 bits per heavy atom. The van der Waals surface area contributed by atoms with Gasteiger partial charge in [-0.05, 0) is 25.0 Å². The van der Waals surface area contributed by atoms with Crippen molar-refractivity contribution in [2.45, 2.75) is 23.8 Å². The van der Waals surface area contributed by atoms with Crippen LogP contribution in [-0.2, 0) is 6.42 Å². The fourth-order valence-corrected chi connectivity index (χ4v) is 3.33. The predicted molar refractivity (Wildman–Crippen MR) is 86.6 cm³/mol. The highest BCUT2D eigenvalue weighted by Crippen LogP contribution is 2.35. The van der Waals surface area contributed by atoms with Gasteiger partial charge in [-0.2, -0.15) is 5.26 Å². The number of aromatic nitrogens is 3. The summed E-state index contributed by atoms with van der Waals surface area (Å²) >= 11 is 1.46. The lowest BCUT2D eigenvalue weighted by Crippen LogP contribution is -2.12. The Kier molecular flexibility index (Phi) is 3.86. The van der Waals surface area contributed by atoms with Crippen LogP contribution in [0.3, 0.4) is 0 Å². The van der Waals surface area contributed by atoms with Gasteiger partial charge in [0.25, 0.3) is 0 Å². The predicted octanol–water partition coefficient (Wildman–Crippen LogP) is 2.17. The van der Waals surface area contributed by atoms with Crippen LogP contribution in [0.5, 0.6) is 0 Å². The minimum absolute atomic E-state index is 0.0875. The van der Waals surface area contributed by atoms with E-state index in [-0.39, 0.29) is 10.9 Å². The van der Waals surface area contributed by atoms with E-state index in [9.17, 15) is 0 Å². The second-order valence-electron chi connectivity index (χ2n) is 5.24. The molecule has 6 nitrogen and oxygen atoms in total. The monoisotopic (exact) mass is 312 g/mol. The molecule has 2 aromatic rings. The molecule has 7 heteroatoms. The number of nitrogen functional groups attached to an aromatic ring is 1. The van der Waals surface area contributed by atoms with Crippen molar-refractivity contribution in [2.75, 3.05) is 24.2 Å². The van der Waals surface area contributed by atoms with Gasteiger partial charge in [0.1, 0.15) is 17.6 Å². The van der Waals surface area contributed by atoms with Gasteiger partial charge in [-0.3, -0.25) is 4.98 Å². The van der Waals surface area contributed by atoms with Crippen LogP contribution in [0.2, 0.25) is 0 Å². The van der Waals surface area contributed by atoms with E-state index in [1.54, 1.807) is 0 Å². The van der Waals surface area contributed by atoms with E-state index in [2.05, 4.69) is 39.9 Å². The number of nitrogens with two attached hydrogens (primary N) is 1. The number of rotatable bonds is 3. The first-order chi connectivity index (χ1) is 10.6. The first-order valence-corrected chi connectivity index (χ1v) is 7.86. The zero-order valence-electron chi connectivity index (χ0n) is 12.4. The standard InChI is InChI=1S/C15H16N6S/c1-9(22-15-19-11(7-16)6-14(17)20-15)12-5-10-3-4-21(2)13(10)8-18-12/h5-6,8-9H,3-4H2,1-2H3,(H2,17,19,20). The quantitative estimate of drug-likeness (QED) is 0.686. The first-order valence-electron chi connectivity index (χ1n) is 6.98. The maximum absolute atomic E-state index is 8.95. The highest BCUT2D eigenvalue weighted by Gasteiger charge is 2.19. The maximum Gasteiger partial charge on any atom is 0.191 e. The molecule has 1 aliphatic heterocycles. The Morgan fingerprint density at radius 2 is 2.23 bits per heavy atom. The number of nitrogens with zero attached hydrogens (tertiary/aromatic N) is 5. The summed E-state index contributed by atoms with van der Waals surface area (Å²) in [6.07, 6.45) is 2.97. The van der Waals surface area contributed by atoms with E-state index in [1.807, 2.05) is 12.3 Å². The lowest BCUT2D eigenvalue weighted by molar-refractivity contribution is 0.933. The first kappa shape index (κ1) is 14.6. The van der Waals surface area contributed by atoms with Crippen LogP contribution in [0.25, 0.3) is 0 Å². The summed E-state index contributed by atoms with van der Waals surface area (Å²) in [5, 5.41) is 9.54. The minimum atomic E-state index is 0.0875. The third-order valence-electron chi connectivity index (χ3n) is 3.65. The van der Waals surface area contributed by atoms with Crippen LogP contribution in [0.4, 0.5) is 11.5 Å². The largest absolute Gasteiger partial charge is 0.384 e. The van der Waals surface area contributed by atoms with E-state index < -0.39 is 0 Å². The summed E-state index contributed by atoms with van der Waals surface area (Å²) in [5.74, 6) is 0.310. The molecule has 0 amide bonds. The molecule has 1 atom stereocenters. The molecule has 2 N–H and O–H groups in total. The summed E-state index contributed by atoms with van der Waals surface area (Å²) in [7, 11) is 2.08. The van der Waals surface area contributed by atoms with Gasteiger partial charge in [0, 0.05) is 19.7 Å². The average molecular weight is 312 g/mol. The van der Waals surface area contributed by atoms with Gasteiger partial charge in [0.2, 0.25) is 0 Å². The van der Waals surface area contributed by atoms with Crippen molar-refractivity contribution >= 4 is 23.3 Å². The number of fused-ring (bicyclic) bond motifs is 1. The second-order valence-corrected chi connectivity index (χ2v) is 6.55. The molecule has 0 saturated heterocycles. The summed E-state index contributed by atoms with van der Waals surface area (Å²) < 4.78 is 0. The smallest absolute Gasteiger partial charge is 0.191 e. The molecule has 3 heterocycles. The van der Waals surface area contributed by atoms with Gasteiger partial charge in [-0.25, -0.2) is 9.97 Å².